The van der Waals surface area contributed by atoms with E-state index in [1.165, 1.54) is 6.21 Å². The number of alkyl halides is 3. The van der Waals surface area contributed by atoms with Crippen molar-refractivity contribution < 1.29 is 13.2 Å². The molecule has 0 bridgehead atoms. The van der Waals surface area contributed by atoms with Crippen LogP contribution >= 0.6 is 0 Å². The average molecular weight is 195 g/mol. The van der Waals surface area contributed by atoms with Gasteiger partial charge in [0.25, 0.3) is 0 Å². The maximum atomic E-state index is 11.5. The van der Waals surface area contributed by atoms with Crippen molar-refractivity contribution in [3.05, 3.63) is 0 Å². The predicted octanol–water partition coefficient (Wildman–Crippen LogP) is 1.56. The molecule has 13 heavy (non-hydrogen) atoms. The molecule has 0 aliphatic rings. The van der Waals surface area contributed by atoms with E-state index in [4.69, 9.17) is 0 Å². The van der Waals surface area contributed by atoms with E-state index in [0.29, 0.717) is 6.54 Å². The summed E-state index contributed by atoms with van der Waals surface area (Å²) in [6.45, 7) is 3.24. The molecule has 0 aliphatic heterocycles. The summed E-state index contributed by atoms with van der Waals surface area (Å²) in [6.07, 6.45) is -3.20. The molecule has 0 spiro atoms. The number of hydrogen-bond acceptors (Lipinski definition) is 3. The van der Waals surface area contributed by atoms with Gasteiger partial charge >= 0.3 is 6.18 Å². The molecule has 0 fully saturated rings. The second-order valence-electron chi connectivity index (χ2n) is 2.44. The van der Waals surface area contributed by atoms with Crippen molar-refractivity contribution in [1.82, 2.24) is 4.90 Å². The molecule has 76 valence electrons. The van der Waals surface area contributed by atoms with Crippen LogP contribution in [0.15, 0.2) is 10.2 Å². The molecule has 0 heterocycles. The molecule has 0 saturated heterocycles. The van der Waals surface area contributed by atoms with Crippen molar-refractivity contribution in [2.75, 3.05) is 20.1 Å². The van der Waals surface area contributed by atoms with E-state index in [9.17, 15) is 13.2 Å². The van der Waals surface area contributed by atoms with E-state index in [-0.39, 0.29) is 6.21 Å². The third-order valence-corrected chi connectivity index (χ3v) is 1.29. The summed E-state index contributed by atoms with van der Waals surface area (Å²) >= 11 is 0. The molecular formula is C7H12F3N3. The summed E-state index contributed by atoms with van der Waals surface area (Å²) in [5.74, 6) is 0. The molecule has 0 atom stereocenters. The summed E-state index contributed by atoms with van der Waals surface area (Å²) in [4.78, 5) is 1.88. The van der Waals surface area contributed by atoms with Gasteiger partial charge in [0.1, 0.15) is 6.21 Å². The van der Waals surface area contributed by atoms with E-state index in [1.807, 2.05) is 18.9 Å². The minimum Gasteiger partial charge on any atom is -0.301 e. The molecule has 3 nitrogen and oxygen atoms in total. The van der Waals surface area contributed by atoms with Crippen molar-refractivity contribution in [3.63, 3.8) is 0 Å². The van der Waals surface area contributed by atoms with Gasteiger partial charge in [-0.2, -0.15) is 23.4 Å². The van der Waals surface area contributed by atoms with E-state index < -0.39 is 6.18 Å². The first-order valence-electron chi connectivity index (χ1n) is 3.77. The highest BCUT2D eigenvalue weighted by molar-refractivity contribution is 5.66. The zero-order valence-electron chi connectivity index (χ0n) is 7.54. The van der Waals surface area contributed by atoms with Gasteiger partial charge in [-0.1, -0.05) is 6.92 Å². The van der Waals surface area contributed by atoms with Gasteiger partial charge in [0.2, 0.25) is 0 Å². The summed E-state index contributed by atoms with van der Waals surface area (Å²) in [5, 5.41) is 6.07. The molecule has 6 heteroatoms. The van der Waals surface area contributed by atoms with Crippen molar-refractivity contribution in [3.8, 4) is 0 Å². The Morgan fingerprint density at radius 3 is 2.38 bits per heavy atom. The van der Waals surface area contributed by atoms with Crippen LogP contribution in [0.2, 0.25) is 0 Å². The van der Waals surface area contributed by atoms with Crippen LogP contribution in [0.3, 0.4) is 0 Å². The number of rotatable bonds is 4. The first-order chi connectivity index (χ1) is 5.95. The van der Waals surface area contributed by atoms with Gasteiger partial charge < -0.3 is 4.90 Å². The van der Waals surface area contributed by atoms with Crippen molar-refractivity contribution in [1.29, 1.82) is 0 Å². The third-order valence-electron chi connectivity index (χ3n) is 1.29. The largest absolute Gasteiger partial charge is 0.428 e. The number of nitrogens with zero attached hydrogens (tertiary/aromatic N) is 3. The van der Waals surface area contributed by atoms with Gasteiger partial charge in [-0.15, -0.1) is 0 Å². The molecular weight excluding hydrogens is 183 g/mol. The fourth-order valence-electron chi connectivity index (χ4n) is 0.451. The molecule has 0 N–H and O–H groups in total. The summed E-state index contributed by atoms with van der Waals surface area (Å²) < 4.78 is 34.4. The first-order valence-corrected chi connectivity index (χ1v) is 3.77. The van der Waals surface area contributed by atoms with Gasteiger partial charge in [-0.05, 0) is 13.6 Å². The van der Waals surface area contributed by atoms with Crippen LogP contribution < -0.4 is 0 Å². The Morgan fingerprint density at radius 1 is 1.31 bits per heavy atom. The van der Waals surface area contributed by atoms with Crippen molar-refractivity contribution in [2.45, 2.75) is 13.1 Å². The normalized spacial score (nSPS) is 13.7. The number of hydrogen-bond donors (Lipinski definition) is 0. The zero-order valence-corrected chi connectivity index (χ0v) is 7.54. The second-order valence-corrected chi connectivity index (χ2v) is 2.44. The predicted molar refractivity (Wildman–Crippen MR) is 46.2 cm³/mol. The third kappa shape index (κ3) is 9.00. The van der Waals surface area contributed by atoms with Crippen LogP contribution in [0.25, 0.3) is 0 Å². The molecule has 0 rings (SSSR count). The van der Waals surface area contributed by atoms with Gasteiger partial charge in [0.05, 0.1) is 0 Å². The van der Waals surface area contributed by atoms with Gasteiger partial charge in [0, 0.05) is 12.8 Å². The summed E-state index contributed by atoms with van der Waals surface area (Å²) in [6, 6.07) is 0. The first kappa shape index (κ1) is 12.1. The van der Waals surface area contributed by atoms with Crippen LogP contribution in [-0.2, 0) is 0 Å². The Morgan fingerprint density at radius 2 is 1.92 bits per heavy atom. The van der Waals surface area contributed by atoms with E-state index >= 15 is 0 Å². The van der Waals surface area contributed by atoms with E-state index in [0.717, 1.165) is 6.54 Å². The van der Waals surface area contributed by atoms with Crippen LogP contribution in [-0.4, -0.2) is 43.6 Å². The fourth-order valence-corrected chi connectivity index (χ4v) is 0.451. The highest BCUT2D eigenvalue weighted by Crippen LogP contribution is 2.10. The minimum absolute atomic E-state index is 0.143. The second kappa shape index (κ2) is 5.69. The van der Waals surface area contributed by atoms with Crippen LogP contribution in [0, 0.1) is 0 Å². The molecule has 0 saturated carbocycles. The molecule has 0 radical (unpaired) electrons. The summed E-state index contributed by atoms with van der Waals surface area (Å²) in [5.41, 5.74) is 0. The Bertz CT molecular complexity index is 186. The SMILES string of the molecule is CCN(C)C/C=N/N=C/C(F)(F)F. The van der Waals surface area contributed by atoms with Crippen LogP contribution in [0.1, 0.15) is 6.92 Å². The smallest absolute Gasteiger partial charge is 0.301 e. The lowest BCUT2D eigenvalue weighted by Gasteiger charge is -2.07. The molecule has 0 amide bonds. The Hall–Kier alpha value is -0.910. The van der Waals surface area contributed by atoms with E-state index in [2.05, 4.69) is 10.2 Å². The van der Waals surface area contributed by atoms with Crippen molar-refractivity contribution >= 4 is 12.4 Å². The topological polar surface area (TPSA) is 28.0 Å². The van der Waals surface area contributed by atoms with Gasteiger partial charge in [0.15, 0.2) is 0 Å². The maximum absolute atomic E-state index is 11.5. The molecule has 0 aromatic carbocycles. The molecule has 0 aromatic heterocycles. The average Bonchev–Trinajstić information content (AvgIpc) is 2.01. The Balaban J connectivity index is 3.70. The molecule has 0 unspecified atom stereocenters. The van der Waals surface area contributed by atoms with E-state index in [1.54, 1.807) is 0 Å². The lowest BCUT2D eigenvalue weighted by atomic mass is 10.6. The Kier molecular flexibility index (Phi) is 5.29. The maximum Gasteiger partial charge on any atom is 0.428 e. The quantitative estimate of drug-likeness (QED) is 0.494. The molecule has 0 aliphatic carbocycles. The lowest BCUT2D eigenvalue weighted by molar-refractivity contribution is -0.0537. The van der Waals surface area contributed by atoms with Crippen LogP contribution in [0.5, 0.6) is 0 Å². The Labute approximate surface area is 74.9 Å². The van der Waals surface area contributed by atoms with Crippen LogP contribution in [0.4, 0.5) is 13.2 Å². The highest BCUT2D eigenvalue weighted by atomic mass is 19.4. The monoisotopic (exact) mass is 195 g/mol. The molecule has 0 aromatic rings. The minimum atomic E-state index is -4.38. The summed E-state index contributed by atoms with van der Waals surface area (Å²) in [7, 11) is 1.83. The van der Waals surface area contributed by atoms with Gasteiger partial charge in [-0.3, -0.25) is 0 Å². The number of halogens is 3. The van der Waals surface area contributed by atoms with Gasteiger partial charge in [-0.25, -0.2) is 0 Å². The zero-order chi connectivity index (χ0) is 10.3. The lowest BCUT2D eigenvalue weighted by Crippen LogP contribution is -2.19. The fraction of sp³-hybridized carbons (Fsp3) is 0.714. The highest BCUT2D eigenvalue weighted by Gasteiger charge is 2.23. The van der Waals surface area contributed by atoms with Crippen molar-refractivity contribution in [2.24, 2.45) is 10.2 Å². The standard InChI is InChI=1S/C7H12F3N3/c1-3-13(2)5-4-11-12-6-7(8,9)10/h4,6H,3,5H2,1-2H3/b11-4+,12-6+.